The van der Waals surface area contributed by atoms with Gasteiger partial charge >= 0.3 is 0 Å². The summed E-state index contributed by atoms with van der Waals surface area (Å²) in [5.74, 6) is -1.50. The molecule has 1 aliphatic rings. The second-order valence-electron chi connectivity index (χ2n) is 8.54. The molecule has 176 valence electrons. The van der Waals surface area contributed by atoms with E-state index in [0.717, 1.165) is 30.6 Å². The Balaban J connectivity index is 1.81. The van der Waals surface area contributed by atoms with Crippen LogP contribution in [0.25, 0.3) is 0 Å². The van der Waals surface area contributed by atoms with Crippen molar-refractivity contribution in [2.75, 3.05) is 4.90 Å². The van der Waals surface area contributed by atoms with Crippen LogP contribution >= 0.6 is 11.3 Å². The molecule has 0 spiro atoms. The van der Waals surface area contributed by atoms with E-state index in [9.17, 15) is 14.4 Å². The van der Waals surface area contributed by atoms with Gasteiger partial charge in [0, 0.05) is 27.7 Å². The number of halogens is 1. The minimum Gasteiger partial charge on any atom is -0.351 e. The molecular weight excluding hydrogens is 451 g/mol. The van der Waals surface area contributed by atoms with Crippen LogP contribution < -0.4 is 10.2 Å². The number of hydrogen-bond donors (Lipinski definition) is 1. The maximum Gasteiger partial charge on any atom is 0.248 e. The predicted octanol–water partition coefficient (Wildman–Crippen LogP) is 5.47. The van der Waals surface area contributed by atoms with E-state index < -0.39 is 17.8 Å². The van der Waals surface area contributed by atoms with Crippen molar-refractivity contribution in [3.05, 3.63) is 87.9 Å². The van der Waals surface area contributed by atoms with Crippen LogP contribution in [0.5, 0.6) is 0 Å². The standard InChI is InChI=1S/C27H27FN2O3S/c1-18(31)19-8-6-11-21(16-19)30(25(32)17-22-12-7-15-34-22)26(23-13-4-5-14-24(23)28)27(33)29-20-9-2-3-10-20/h4-8,11-16,20,26H,2-3,9-10,17H2,1H3,(H,29,33)/t26-/m0/s1. The molecule has 1 N–H and O–H groups in total. The number of benzene rings is 2. The number of carbonyl (C=O) groups is 3. The Morgan fingerprint density at radius 2 is 1.82 bits per heavy atom. The molecular formula is C27H27FN2O3S. The van der Waals surface area contributed by atoms with E-state index in [4.69, 9.17) is 0 Å². The van der Waals surface area contributed by atoms with Gasteiger partial charge in [-0.25, -0.2) is 4.39 Å². The predicted molar refractivity (Wildman–Crippen MR) is 131 cm³/mol. The van der Waals surface area contributed by atoms with E-state index in [1.54, 1.807) is 36.4 Å². The minimum atomic E-state index is -1.21. The molecule has 1 fully saturated rings. The van der Waals surface area contributed by atoms with Gasteiger partial charge < -0.3 is 5.32 Å². The number of anilines is 1. The first-order valence-electron chi connectivity index (χ1n) is 11.4. The van der Waals surface area contributed by atoms with Crippen LogP contribution in [-0.4, -0.2) is 23.6 Å². The van der Waals surface area contributed by atoms with Crippen molar-refractivity contribution in [1.82, 2.24) is 5.32 Å². The van der Waals surface area contributed by atoms with Crippen LogP contribution in [0.15, 0.2) is 66.0 Å². The number of rotatable bonds is 8. The SMILES string of the molecule is CC(=O)c1cccc(N(C(=O)Cc2cccs2)[C@H](C(=O)NC2CCCC2)c2ccccc2F)c1. The van der Waals surface area contributed by atoms with Crippen LogP contribution in [0.2, 0.25) is 0 Å². The van der Waals surface area contributed by atoms with E-state index in [0.29, 0.717) is 11.3 Å². The van der Waals surface area contributed by atoms with Gasteiger partial charge in [-0.3, -0.25) is 19.3 Å². The van der Waals surface area contributed by atoms with Gasteiger partial charge in [-0.05, 0) is 49.4 Å². The summed E-state index contributed by atoms with van der Waals surface area (Å²) >= 11 is 1.44. The fourth-order valence-corrected chi connectivity index (χ4v) is 5.10. The van der Waals surface area contributed by atoms with Crippen LogP contribution in [0.1, 0.15) is 59.4 Å². The normalized spacial score (nSPS) is 14.5. The van der Waals surface area contributed by atoms with Gasteiger partial charge in [0.05, 0.1) is 6.42 Å². The number of thiophene rings is 1. The number of nitrogens with one attached hydrogen (secondary N) is 1. The monoisotopic (exact) mass is 478 g/mol. The Morgan fingerprint density at radius 3 is 2.50 bits per heavy atom. The highest BCUT2D eigenvalue weighted by Gasteiger charge is 2.36. The second kappa shape index (κ2) is 10.7. The Kier molecular flexibility index (Phi) is 7.53. The molecule has 1 aromatic heterocycles. The van der Waals surface area contributed by atoms with Crippen LogP contribution in [0.3, 0.4) is 0 Å². The summed E-state index contributed by atoms with van der Waals surface area (Å²) in [6, 6.07) is 15.1. The molecule has 3 aromatic rings. The number of hydrogen-bond acceptors (Lipinski definition) is 4. The molecule has 1 heterocycles. The lowest BCUT2D eigenvalue weighted by Gasteiger charge is -2.32. The highest BCUT2D eigenvalue weighted by Crippen LogP contribution is 2.32. The van der Waals surface area contributed by atoms with Crippen molar-refractivity contribution in [2.45, 2.75) is 51.1 Å². The Hall–Kier alpha value is -3.32. The third-order valence-electron chi connectivity index (χ3n) is 6.11. The third-order valence-corrected chi connectivity index (χ3v) is 6.99. The van der Waals surface area contributed by atoms with Gasteiger partial charge in [0.15, 0.2) is 5.78 Å². The van der Waals surface area contributed by atoms with Gasteiger partial charge in [0.1, 0.15) is 11.9 Å². The molecule has 0 unspecified atom stereocenters. The molecule has 0 aliphatic heterocycles. The third kappa shape index (κ3) is 5.42. The van der Waals surface area contributed by atoms with Crippen LogP contribution in [0.4, 0.5) is 10.1 Å². The van der Waals surface area contributed by atoms with Crippen molar-refractivity contribution in [1.29, 1.82) is 0 Å². The molecule has 1 saturated carbocycles. The zero-order valence-corrected chi connectivity index (χ0v) is 19.8. The van der Waals surface area contributed by atoms with E-state index in [1.165, 1.54) is 35.3 Å². The van der Waals surface area contributed by atoms with Crippen molar-refractivity contribution in [3.63, 3.8) is 0 Å². The first-order valence-corrected chi connectivity index (χ1v) is 12.3. The zero-order valence-electron chi connectivity index (χ0n) is 19.0. The number of amides is 2. The summed E-state index contributed by atoms with van der Waals surface area (Å²) in [7, 11) is 0. The molecule has 1 aliphatic carbocycles. The molecule has 7 heteroatoms. The van der Waals surface area contributed by atoms with Crippen molar-refractivity contribution in [2.24, 2.45) is 0 Å². The molecule has 2 aromatic carbocycles. The molecule has 5 nitrogen and oxygen atoms in total. The smallest absolute Gasteiger partial charge is 0.248 e. The summed E-state index contributed by atoms with van der Waals surface area (Å²) in [6.45, 7) is 1.44. The minimum absolute atomic E-state index is 0.000393. The van der Waals surface area contributed by atoms with Crippen molar-refractivity contribution in [3.8, 4) is 0 Å². The largest absolute Gasteiger partial charge is 0.351 e. The first kappa shape index (κ1) is 23.8. The first-order chi connectivity index (χ1) is 16.4. The van der Waals surface area contributed by atoms with Crippen molar-refractivity contribution >= 4 is 34.6 Å². The quantitative estimate of drug-likeness (QED) is 0.437. The Morgan fingerprint density at radius 1 is 1.06 bits per heavy atom. The maximum absolute atomic E-state index is 15.1. The number of ketones is 1. The summed E-state index contributed by atoms with van der Waals surface area (Å²) in [5, 5.41) is 4.92. The summed E-state index contributed by atoms with van der Waals surface area (Å²) in [5.41, 5.74) is 0.907. The van der Waals surface area contributed by atoms with Crippen LogP contribution in [0, 0.1) is 5.82 Å². The average Bonchev–Trinajstić information content (AvgIpc) is 3.52. The average molecular weight is 479 g/mol. The van der Waals surface area contributed by atoms with E-state index in [1.807, 2.05) is 17.5 Å². The lowest BCUT2D eigenvalue weighted by molar-refractivity contribution is -0.127. The Bertz CT molecular complexity index is 1170. The van der Waals surface area contributed by atoms with E-state index >= 15 is 4.39 Å². The molecule has 34 heavy (non-hydrogen) atoms. The fraction of sp³-hybridized carbons (Fsp3) is 0.296. The van der Waals surface area contributed by atoms with Gasteiger partial charge in [-0.1, -0.05) is 49.2 Å². The van der Waals surface area contributed by atoms with Crippen molar-refractivity contribution < 1.29 is 18.8 Å². The maximum atomic E-state index is 15.1. The molecule has 0 radical (unpaired) electrons. The highest BCUT2D eigenvalue weighted by atomic mass is 32.1. The Labute approximate surface area is 202 Å². The van der Waals surface area contributed by atoms with Gasteiger partial charge in [-0.2, -0.15) is 0 Å². The number of Topliss-reactive ketones (excluding diaryl/α,β-unsaturated/α-hetero) is 1. The van der Waals surface area contributed by atoms with E-state index in [2.05, 4.69) is 5.32 Å². The van der Waals surface area contributed by atoms with E-state index in [-0.39, 0.29) is 29.7 Å². The number of nitrogens with zero attached hydrogens (tertiary/aromatic N) is 1. The van der Waals surface area contributed by atoms with Gasteiger partial charge in [-0.15, -0.1) is 11.3 Å². The molecule has 1 atom stereocenters. The fourth-order valence-electron chi connectivity index (χ4n) is 4.40. The molecule has 2 amide bonds. The second-order valence-corrected chi connectivity index (χ2v) is 9.57. The summed E-state index contributed by atoms with van der Waals surface area (Å²) < 4.78 is 15.1. The lowest BCUT2D eigenvalue weighted by atomic mass is 10.0. The number of carbonyl (C=O) groups excluding carboxylic acids is 3. The molecule has 0 bridgehead atoms. The lowest BCUT2D eigenvalue weighted by Crippen LogP contribution is -2.47. The highest BCUT2D eigenvalue weighted by molar-refractivity contribution is 7.10. The molecule has 4 rings (SSSR count). The topological polar surface area (TPSA) is 66.5 Å². The van der Waals surface area contributed by atoms with Gasteiger partial charge in [0.25, 0.3) is 0 Å². The van der Waals surface area contributed by atoms with Gasteiger partial charge in [0.2, 0.25) is 11.8 Å². The van der Waals surface area contributed by atoms with Crippen LogP contribution in [-0.2, 0) is 16.0 Å². The summed E-state index contributed by atoms with van der Waals surface area (Å²) in [6.07, 6.45) is 3.83. The summed E-state index contributed by atoms with van der Waals surface area (Å²) in [4.78, 5) is 41.6. The molecule has 0 saturated heterocycles. The zero-order chi connectivity index (χ0) is 24.1.